The molecule has 0 radical (unpaired) electrons. The smallest absolute Gasteiger partial charge is 0.0618 e. The van der Waals surface area contributed by atoms with Crippen molar-refractivity contribution in [3.05, 3.63) is 50.6 Å². The van der Waals surface area contributed by atoms with Crippen LogP contribution in [0.5, 0.6) is 0 Å². The van der Waals surface area contributed by atoms with Crippen molar-refractivity contribution < 1.29 is 0 Å². The van der Waals surface area contributed by atoms with E-state index < -0.39 is 0 Å². The summed E-state index contributed by atoms with van der Waals surface area (Å²) in [5, 5.41) is 4.05. The minimum absolute atomic E-state index is 0.740. The molecule has 3 N–H and O–H groups in total. The number of anilines is 3. The Morgan fingerprint density at radius 1 is 1.18 bits per heavy atom. The van der Waals surface area contributed by atoms with Gasteiger partial charge in [0.05, 0.1) is 11.4 Å². The molecule has 2 nitrogen and oxygen atoms in total. The van der Waals surface area contributed by atoms with E-state index in [0.717, 1.165) is 31.2 Å². The van der Waals surface area contributed by atoms with Crippen molar-refractivity contribution in [3.63, 3.8) is 0 Å². The highest BCUT2D eigenvalue weighted by molar-refractivity contribution is 14.1. The van der Waals surface area contributed by atoms with Crippen LogP contribution in [0.15, 0.2) is 36.4 Å². The van der Waals surface area contributed by atoms with Crippen LogP contribution < -0.4 is 11.1 Å². The van der Waals surface area contributed by atoms with Crippen LogP contribution in [0.25, 0.3) is 0 Å². The summed E-state index contributed by atoms with van der Waals surface area (Å²) in [6.45, 7) is 1.98. The van der Waals surface area contributed by atoms with Gasteiger partial charge in [-0.1, -0.05) is 11.6 Å². The molecule has 0 saturated heterocycles. The van der Waals surface area contributed by atoms with E-state index >= 15 is 0 Å². The van der Waals surface area contributed by atoms with Crippen molar-refractivity contribution in [1.29, 1.82) is 0 Å². The molecule has 0 saturated carbocycles. The highest BCUT2D eigenvalue weighted by Gasteiger charge is 2.02. The van der Waals surface area contributed by atoms with Gasteiger partial charge in [-0.25, -0.2) is 0 Å². The Bertz CT molecular complexity index is 555. The molecule has 0 aliphatic rings. The number of nitrogens with two attached hydrogens (primary N) is 1. The van der Waals surface area contributed by atoms with Crippen molar-refractivity contribution >= 4 is 51.3 Å². The normalized spacial score (nSPS) is 10.3. The fourth-order valence-electron chi connectivity index (χ4n) is 1.53. The molecular formula is C13H12ClIN2. The summed E-state index contributed by atoms with van der Waals surface area (Å²) < 4.78 is 1.12. The van der Waals surface area contributed by atoms with Gasteiger partial charge in [0, 0.05) is 14.3 Å². The second kappa shape index (κ2) is 5.14. The molecule has 0 spiro atoms. The predicted octanol–water partition coefficient (Wildman–Crippen LogP) is 4.58. The molecule has 0 aliphatic heterocycles. The molecule has 2 aromatic rings. The number of aryl methyl sites for hydroxylation is 1. The van der Waals surface area contributed by atoms with Gasteiger partial charge in [0.15, 0.2) is 0 Å². The fourth-order valence-corrected chi connectivity index (χ4v) is 2.16. The van der Waals surface area contributed by atoms with Gasteiger partial charge >= 0.3 is 0 Å². The van der Waals surface area contributed by atoms with Crippen LogP contribution in [0.2, 0.25) is 5.02 Å². The molecule has 2 aromatic carbocycles. The van der Waals surface area contributed by atoms with E-state index in [9.17, 15) is 0 Å². The number of rotatable bonds is 2. The molecule has 0 fully saturated rings. The predicted molar refractivity (Wildman–Crippen MR) is 83.0 cm³/mol. The summed E-state index contributed by atoms with van der Waals surface area (Å²) in [6, 6.07) is 11.7. The van der Waals surface area contributed by atoms with Gasteiger partial charge in [0.1, 0.15) is 0 Å². The Hall–Kier alpha value is -0.940. The summed E-state index contributed by atoms with van der Waals surface area (Å²) in [5.74, 6) is 0. The number of hydrogen-bond acceptors (Lipinski definition) is 2. The molecule has 0 unspecified atom stereocenters. The molecule has 4 heteroatoms. The first-order chi connectivity index (χ1) is 8.06. The molecule has 0 bridgehead atoms. The van der Waals surface area contributed by atoms with Crippen molar-refractivity contribution in [3.8, 4) is 0 Å². The summed E-state index contributed by atoms with van der Waals surface area (Å²) in [5.41, 5.74) is 9.62. The zero-order valence-electron chi connectivity index (χ0n) is 9.30. The Labute approximate surface area is 119 Å². The first-order valence-electron chi connectivity index (χ1n) is 5.14. The molecule has 0 heterocycles. The van der Waals surface area contributed by atoms with E-state index in [1.54, 1.807) is 0 Å². The van der Waals surface area contributed by atoms with Crippen LogP contribution in [0, 0.1) is 10.5 Å². The molecule has 88 valence electrons. The molecule has 0 aliphatic carbocycles. The van der Waals surface area contributed by atoms with Crippen LogP contribution >= 0.6 is 34.2 Å². The van der Waals surface area contributed by atoms with E-state index in [1.807, 2.05) is 43.3 Å². The van der Waals surface area contributed by atoms with Crippen LogP contribution in [0.3, 0.4) is 0 Å². The summed E-state index contributed by atoms with van der Waals surface area (Å²) in [4.78, 5) is 0. The second-order valence-electron chi connectivity index (χ2n) is 3.82. The molecule has 0 aromatic heterocycles. The number of benzene rings is 2. The Morgan fingerprint density at radius 3 is 2.59 bits per heavy atom. The lowest BCUT2D eigenvalue weighted by atomic mass is 10.2. The fraction of sp³-hybridized carbons (Fsp3) is 0.0769. The van der Waals surface area contributed by atoms with E-state index in [-0.39, 0.29) is 0 Å². The zero-order chi connectivity index (χ0) is 12.4. The maximum Gasteiger partial charge on any atom is 0.0618 e. The van der Waals surface area contributed by atoms with Gasteiger partial charge in [-0.15, -0.1) is 0 Å². The van der Waals surface area contributed by atoms with Gasteiger partial charge in [0.2, 0.25) is 0 Å². The summed E-state index contributed by atoms with van der Waals surface area (Å²) >= 11 is 8.22. The largest absolute Gasteiger partial charge is 0.397 e. The summed E-state index contributed by atoms with van der Waals surface area (Å²) in [7, 11) is 0. The summed E-state index contributed by atoms with van der Waals surface area (Å²) in [6.07, 6.45) is 0. The highest BCUT2D eigenvalue weighted by Crippen LogP contribution is 2.27. The molecule has 17 heavy (non-hydrogen) atoms. The molecule has 0 atom stereocenters. The minimum Gasteiger partial charge on any atom is -0.397 e. The quantitative estimate of drug-likeness (QED) is 0.609. The van der Waals surface area contributed by atoms with Gasteiger partial charge in [0.25, 0.3) is 0 Å². The average molecular weight is 359 g/mol. The lowest BCUT2D eigenvalue weighted by molar-refractivity contribution is 1.45. The average Bonchev–Trinajstić information content (AvgIpc) is 2.27. The number of nitrogens with one attached hydrogen (secondary N) is 1. The molecular weight excluding hydrogens is 347 g/mol. The number of nitrogen functional groups attached to an aromatic ring is 1. The van der Waals surface area contributed by atoms with Crippen LogP contribution in [0.1, 0.15) is 5.56 Å². The second-order valence-corrected chi connectivity index (χ2v) is 5.47. The third kappa shape index (κ3) is 3.04. The van der Waals surface area contributed by atoms with E-state index in [1.165, 1.54) is 0 Å². The topological polar surface area (TPSA) is 38.0 Å². The van der Waals surface area contributed by atoms with Crippen molar-refractivity contribution in [1.82, 2.24) is 0 Å². The Morgan fingerprint density at radius 2 is 1.94 bits per heavy atom. The van der Waals surface area contributed by atoms with Gasteiger partial charge in [-0.3, -0.25) is 0 Å². The van der Waals surface area contributed by atoms with E-state index in [2.05, 4.69) is 27.9 Å². The number of halogens is 2. The van der Waals surface area contributed by atoms with E-state index in [0.29, 0.717) is 0 Å². The van der Waals surface area contributed by atoms with Gasteiger partial charge in [-0.05, 0) is 71.5 Å². The monoisotopic (exact) mass is 358 g/mol. The van der Waals surface area contributed by atoms with Crippen molar-refractivity contribution in [2.45, 2.75) is 6.92 Å². The Kier molecular flexibility index (Phi) is 3.79. The molecule has 2 rings (SSSR count). The van der Waals surface area contributed by atoms with Crippen molar-refractivity contribution in [2.24, 2.45) is 0 Å². The standard InChI is InChI=1S/C13H12ClIN2/c1-8-6-10(3-4-11(8)14)17-13-5-2-9(15)7-12(13)16/h2-7,17H,16H2,1H3. The maximum absolute atomic E-state index is 5.98. The third-order valence-corrected chi connectivity index (χ3v) is 3.55. The van der Waals surface area contributed by atoms with Crippen LogP contribution in [-0.2, 0) is 0 Å². The van der Waals surface area contributed by atoms with Crippen LogP contribution in [-0.4, -0.2) is 0 Å². The first kappa shape index (κ1) is 12.5. The van der Waals surface area contributed by atoms with E-state index in [4.69, 9.17) is 17.3 Å². The Balaban J connectivity index is 2.28. The van der Waals surface area contributed by atoms with Crippen LogP contribution in [0.4, 0.5) is 17.1 Å². The highest BCUT2D eigenvalue weighted by atomic mass is 127. The molecule has 0 amide bonds. The zero-order valence-corrected chi connectivity index (χ0v) is 12.2. The lowest BCUT2D eigenvalue weighted by Crippen LogP contribution is -1.96. The lowest BCUT2D eigenvalue weighted by Gasteiger charge is -2.10. The third-order valence-electron chi connectivity index (χ3n) is 2.45. The SMILES string of the molecule is Cc1cc(Nc2ccc(I)cc2N)ccc1Cl. The van der Waals surface area contributed by atoms with Crippen molar-refractivity contribution in [2.75, 3.05) is 11.1 Å². The first-order valence-corrected chi connectivity index (χ1v) is 6.60. The minimum atomic E-state index is 0.740. The maximum atomic E-state index is 5.98. The van der Waals surface area contributed by atoms with Gasteiger partial charge in [-0.2, -0.15) is 0 Å². The number of hydrogen-bond donors (Lipinski definition) is 2. The van der Waals surface area contributed by atoms with Gasteiger partial charge < -0.3 is 11.1 Å².